The number of fused-ring (bicyclic) bond motifs is 1. The van der Waals surface area contributed by atoms with E-state index in [4.69, 9.17) is 9.15 Å². The summed E-state index contributed by atoms with van der Waals surface area (Å²) in [5, 5.41) is 9.04. The monoisotopic (exact) mass is 544 g/mol. The maximum absolute atomic E-state index is 14.0. The molecule has 2 heterocycles. The second-order valence-electron chi connectivity index (χ2n) is 9.08. The first kappa shape index (κ1) is 28.4. The maximum atomic E-state index is 14.0. The lowest BCUT2D eigenvalue weighted by Gasteiger charge is -2.20. The number of anilines is 2. The number of urea groups is 1. The molecule has 3 amide bonds. The Balaban J connectivity index is 1.61. The topological polar surface area (TPSA) is 130 Å². The number of carbonyl (C=O) groups is 2. The molecule has 0 radical (unpaired) electrons. The number of amides is 3. The van der Waals surface area contributed by atoms with E-state index < -0.39 is 52.9 Å². The second-order valence-corrected chi connectivity index (χ2v) is 9.08. The van der Waals surface area contributed by atoms with Crippen LogP contribution in [0.4, 0.5) is 43.2 Å². The summed E-state index contributed by atoms with van der Waals surface area (Å²) in [6.07, 6.45) is -3.34. The number of carbonyl (C=O) groups excluding carboxylic acids is 2. The zero-order valence-electron chi connectivity index (χ0n) is 20.7. The van der Waals surface area contributed by atoms with Crippen LogP contribution in [0.25, 0.3) is 11.0 Å². The third kappa shape index (κ3) is 7.43. The van der Waals surface area contributed by atoms with Gasteiger partial charge in [-0.1, -0.05) is 0 Å². The Hall–Kier alpha value is -4.17. The van der Waals surface area contributed by atoms with Crippen LogP contribution < -0.4 is 21.3 Å². The average molecular weight is 544 g/mol. The average Bonchev–Trinajstić information content (AvgIpc) is 3.10. The molecule has 10 nitrogen and oxygen atoms in total. The van der Waals surface area contributed by atoms with Gasteiger partial charge in [0.25, 0.3) is 0 Å². The van der Waals surface area contributed by atoms with Crippen molar-refractivity contribution in [1.29, 1.82) is 0 Å². The Morgan fingerprint density at radius 2 is 1.74 bits per heavy atom. The van der Waals surface area contributed by atoms with E-state index in [0.717, 1.165) is 18.5 Å². The van der Waals surface area contributed by atoms with E-state index in [9.17, 15) is 31.5 Å². The maximum Gasteiger partial charge on any atom is 0.416 e. The van der Waals surface area contributed by atoms with Gasteiger partial charge in [-0.15, -0.1) is 0 Å². The fourth-order valence-corrected chi connectivity index (χ4v) is 3.27. The first-order valence-electron chi connectivity index (χ1n) is 11.2. The van der Waals surface area contributed by atoms with Crippen molar-refractivity contribution in [3.05, 3.63) is 47.5 Å². The van der Waals surface area contributed by atoms with E-state index in [1.807, 2.05) is 0 Å². The lowest BCUT2D eigenvalue weighted by molar-refractivity contribution is -0.158. The summed E-state index contributed by atoms with van der Waals surface area (Å²) < 4.78 is 79.1. The Morgan fingerprint density at radius 3 is 2.34 bits per heavy atom. The van der Waals surface area contributed by atoms with Crippen molar-refractivity contribution in [3.8, 4) is 0 Å². The number of alkyl carbamates (subject to hydrolysis) is 1. The zero-order chi connectivity index (χ0) is 28.3. The molecule has 0 bridgehead atoms. The number of halogens is 5. The highest BCUT2D eigenvalue weighted by atomic mass is 19.4. The molecule has 1 atom stereocenters. The number of benzene rings is 1. The summed E-state index contributed by atoms with van der Waals surface area (Å²) in [7, 11) is 0. The molecule has 0 aliphatic carbocycles. The molecule has 15 heteroatoms. The molecule has 0 aliphatic rings. The summed E-state index contributed by atoms with van der Waals surface area (Å²) >= 11 is 0. The fourth-order valence-electron chi connectivity index (χ4n) is 3.27. The Bertz CT molecular complexity index is 1300. The molecule has 2 aromatic heterocycles. The minimum Gasteiger partial charge on any atom is -0.455 e. The Kier molecular flexibility index (Phi) is 8.27. The molecule has 0 spiro atoms. The lowest BCUT2D eigenvalue weighted by Crippen LogP contribution is -2.40. The number of alkyl halides is 3. The van der Waals surface area contributed by atoms with Gasteiger partial charge in [-0.2, -0.15) is 13.2 Å². The van der Waals surface area contributed by atoms with Crippen molar-refractivity contribution >= 4 is 34.7 Å². The van der Waals surface area contributed by atoms with E-state index in [1.54, 1.807) is 26.1 Å². The van der Waals surface area contributed by atoms with Crippen molar-refractivity contribution in [1.82, 2.24) is 20.6 Å². The normalized spacial score (nSPS) is 12.7. The van der Waals surface area contributed by atoms with Gasteiger partial charge in [0.15, 0.2) is 17.4 Å². The van der Waals surface area contributed by atoms with Crippen molar-refractivity contribution in [2.75, 3.05) is 23.7 Å². The second kappa shape index (κ2) is 11.1. The largest absolute Gasteiger partial charge is 0.455 e. The number of nitrogens with one attached hydrogen (secondary N) is 4. The van der Waals surface area contributed by atoms with Gasteiger partial charge in [0.2, 0.25) is 5.95 Å². The molecule has 38 heavy (non-hydrogen) atoms. The number of furan rings is 1. The zero-order valence-corrected chi connectivity index (χ0v) is 20.7. The van der Waals surface area contributed by atoms with Gasteiger partial charge in [-0.25, -0.2) is 28.3 Å². The first-order chi connectivity index (χ1) is 17.6. The van der Waals surface area contributed by atoms with Crippen LogP contribution in [0.2, 0.25) is 0 Å². The van der Waals surface area contributed by atoms with Gasteiger partial charge in [-0.05, 0) is 33.8 Å². The summed E-state index contributed by atoms with van der Waals surface area (Å²) in [5.74, 6) is -2.83. The number of rotatable bonds is 7. The van der Waals surface area contributed by atoms with Gasteiger partial charge in [0.1, 0.15) is 17.2 Å². The van der Waals surface area contributed by atoms with E-state index >= 15 is 0 Å². The first-order valence-corrected chi connectivity index (χ1v) is 11.2. The van der Waals surface area contributed by atoms with Gasteiger partial charge >= 0.3 is 18.3 Å². The van der Waals surface area contributed by atoms with Crippen LogP contribution in [-0.2, 0) is 4.74 Å². The molecule has 4 N–H and O–H groups in total. The summed E-state index contributed by atoms with van der Waals surface area (Å²) in [5.41, 5.74) is -1.41. The van der Waals surface area contributed by atoms with Crippen LogP contribution in [0.15, 0.2) is 28.9 Å². The lowest BCUT2D eigenvalue weighted by atomic mass is 10.1. The number of ether oxygens (including phenoxy) is 1. The van der Waals surface area contributed by atoms with Gasteiger partial charge in [0, 0.05) is 30.1 Å². The van der Waals surface area contributed by atoms with Crippen LogP contribution in [0, 0.1) is 18.6 Å². The van der Waals surface area contributed by atoms with Crippen LogP contribution in [0.3, 0.4) is 0 Å². The Labute approximate surface area is 213 Å². The van der Waals surface area contributed by atoms with Gasteiger partial charge in [-0.3, -0.25) is 0 Å². The molecule has 0 fully saturated rings. The van der Waals surface area contributed by atoms with Crippen molar-refractivity contribution in [3.63, 3.8) is 0 Å². The van der Waals surface area contributed by atoms with Crippen LogP contribution in [0.5, 0.6) is 0 Å². The fraction of sp³-hybridized carbons (Fsp3) is 0.391. The minimum absolute atomic E-state index is 0.0321. The number of nitrogens with zero attached hydrogens (tertiary/aromatic N) is 2. The van der Waals surface area contributed by atoms with Crippen LogP contribution in [0.1, 0.15) is 38.1 Å². The molecule has 0 saturated carbocycles. The summed E-state index contributed by atoms with van der Waals surface area (Å²) in [4.78, 5) is 31.8. The predicted octanol–water partition coefficient (Wildman–Crippen LogP) is 5.17. The molecular weight excluding hydrogens is 519 g/mol. The predicted molar refractivity (Wildman–Crippen MR) is 127 cm³/mol. The van der Waals surface area contributed by atoms with Crippen molar-refractivity contribution in [2.45, 2.75) is 45.5 Å². The van der Waals surface area contributed by atoms with Crippen molar-refractivity contribution < 1.29 is 40.7 Å². The van der Waals surface area contributed by atoms with E-state index in [1.165, 1.54) is 6.92 Å². The SMILES string of the molecule is Cc1c([C@@H](NC(=O)Nc2cnc(NCCNC(=O)OC(C)(C)C)nc2)C(F)(F)F)oc2c(F)cc(F)cc12. The molecule has 1 aromatic carbocycles. The van der Waals surface area contributed by atoms with Crippen LogP contribution >= 0.6 is 0 Å². The van der Waals surface area contributed by atoms with E-state index in [2.05, 4.69) is 25.9 Å². The van der Waals surface area contributed by atoms with Crippen molar-refractivity contribution in [2.24, 2.45) is 0 Å². The highest BCUT2D eigenvalue weighted by molar-refractivity contribution is 5.89. The number of hydrogen-bond acceptors (Lipinski definition) is 7. The minimum atomic E-state index is -5.03. The third-order valence-electron chi connectivity index (χ3n) is 4.84. The Morgan fingerprint density at radius 1 is 1.08 bits per heavy atom. The third-order valence-corrected chi connectivity index (χ3v) is 4.84. The molecule has 3 aromatic rings. The molecule has 0 unspecified atom stereocenters. The highest BCUT2D eigenvalue weighted by Crippen LogP contribution is 2.39. The smallest absolute Gasteiger partial charge is 0.416 e. The highest BCUT2D eigenvalue weighted by Gasteiger charge is 2.45. The molecule has 3 rings (SSSR count). The standard InChI is InChI=1S/C23H25F5N6O4/c1-11-14-7-12(24)8-15(25)17(14)37-16(11)18(23(26,27)28)34-20(35)33-13-9-31-19(32-10-13)29-5-6-30-21(36)38-22(2,3)4/h7-10,18H,5-6H2,1-4H3,(H,30,36)(H,29,31,32)(H2,33,34,35)/t18-/m1/s1. The number of aromatic nitrogens is 2. The van der Waals surface area contributed by atoms with E-state index in [-0.39, 0.29) is 35.7 Å². The quantitative estimate of drug-likeness (QED) is 0.238. The summed E-state index contributed by atoms with van der Waals surface area (Å²) in [6.45, 7) is 6.79. The van der Waals surface area contributed by atoms with Gasteiger partial charge < -0.3 is 30.4 Å². The number of hydrogen-bond donors (Lipinski definition) is 4. The molecular formula is C23H25F5N6O4. The van der Waals surface area contributed by atoms with Gasteiger partial charge in [0.05, 0.1) is 18.1 Å². The molecule has 0 saturated heterocycles. The molecule has 0 aliphatic heterocycles. The molecule has 206 valence electrons. The number of aryl methyl sites for hydroxylation is 1. The van der Waals surface area contributed by atoms with Crippen LogP contribution in [-0.4, -0.2) is 47.0 Å². The summed E-state index contributed by atoms with van der Waals surface area (Å²) in [6, 6.07) is -2.61. The van der Waals surface area contributed by atoms with E-state index in [0.29, 0.717) is 6.07 Å².